The molecule has 2 aromatic rings. The van der Waals surface area contributed by atoms with E-state index in [1.807, 2.05) is 31.2 Å². The molecule has 1 aromatic carbocycles. The van der Waals surface area contributed by atoms with E-state index < -0.39 is 8.32 Å². The van der Waals surface area contributed by atoms with Crippen LogP contribution in [0.5, 0.6) is 5.75 Å². The lowest BCUT2D eigenvalue weighted by atomic mass is 10.1. The number of rotatable bonds is 15. The van der Waals surface area contributed by atoms with Crippen LogP contribution >= 0.6 is 11.3 Å². The number of ether oxygens (including phenoxy) is 2. The standard InChI is InChI=1S/C27H43NO4SSi/c1-19(2)34(20(3)4,21(5)6)32-17-25(31-16-23-9-11-24(30-8)12-10-23)15-27-28-26(18-33-27)22(7)13-14-29/h9-12,14,18-22,25H,13,15-17H2,1-8H3/t22-,25-/m0/s1. The van der Waals surface area contributed by atoms with Crippen molar-refractivity contribution >= 4 is 25.9 Å². The molecule has 0 aliphatic rings. The highest BCUT2D eigenvalue weighted by atomic mass is 32.1. The van der Waals surface area contributed by atoms with Crippen molar-refractivity contribution < 1.29 is 18.7 Å². The Morgan fingerprint density at radius 1 is 1.00 bits per heavy atom. The Balaban J connectivity index is 2.19. The van der Waals surface area contributed by atoms with Gasteiger partial charge in [-0.1, -0.05) is 60.6 Å². The van der Waals surface area contributed by atoms with Crippen LogP contribution in [0.1, 0.15) is 77.1 Å². The average molecular weight is 506 g/mol. The molecule has 7 heteroatoms. The van der Waals surface area contributed by atoms with Gasteiger partial charge in [0.1, 0.15) is 12.0 Å². The van der Waals surface area contributed by atoms with Crippen molar-refractivity contribution in [3.8, 4) is 5.75 Å². The molecule has 1 heterocycles. The molecule has 0 fully saturated rings. The maximum Gasteiger partial charge on any atom is 0.200 e. The Hall–Kier alpha value is -1.54. The van der Waals surface area contributed by atoms with E-state index >= 15 is 0 Å². The zero-order valence-electron chi connectivity index (χ0n) is 22.2. The van der Waals surface area contributed by atoms with E-state index in [9.17, 15) is 4.79 Å². The molecular formula is C27H43NO4SSi. The van der Waals surface area contributed by atoms with E-state index in [1.54, 1.807) is 18.4 Å². The topological polar surface area (TPSA) is 57.6 Å². The van der Waals surface area contributed by atoms with Crippen LogP contribution in [0.15, 0.2) is 29.6 Å². The number of hydrogen-bond acceptors (Lipinski definition) is 6. The first-order valence-electron chi connectivity index (χ1n) is 12.4. The zero-order valence-corrected chi connectivity index (χ0v) is 24.0. The molecule has 1 aromatic heterocycles. The monoisotopic (exact) mass is 505 g/mol. The SMILES string of the molecule is COc1ccc(CO[C@H](CO[Si](C(C)C)(C(C)C)C(C)C)Cc2nc([C@@H](C)CC=O)cs2)cc1. The molecule has 0 N–H and O–H groups in total. The van der Waals surface area contributed by atoms with Gasteiger partial charge in [-0.25, -0.2) is 4.98 Å². The summed E-state index contributed by atoms with van der Waals surface area (Å²) in [6.45, 7) is 17.0. The van der Waals surface area contributed by atoms with Crippen molar-refractivity contribution in [1.82, 2.24) is 4.98 Å². The fourth-order valence-corrected chi connectivity index (χ4v) is 11.4. The van der Waals surface area contributed by atoms with Gasteiger partial charge >= 0.3 is 0 Å². The smallest absolute Gasteiger partial charge is 0.200 e. The lowest BCUT2D eigenvalue weighted by molar-refractivity contribution is -0.108. The molecule has 0 spiro atoms. The lowest BCUT2D eigenvalue weighted by Gasteiger charge is -2.43. The number of nitrogens with zero attached hydrogens (tertiary/aromatic N) is 1. The number of carbonyl (C=O) groups excluding carboxylic acids is 1. The van der Waals surface area contributed by atoms with Gasteiger partial charge < -0.3 is 18.7 Å². The molecule has 0 saturated carbocycles. The maximum atomic E-state index is 10.9. The number of methoxy groups -OCH3 is 1. The highest BCUT2D eigenvalue weighted by Crippen LogP contribution is 2.42. The summed E-state index contributed by atoms with van der Waals surface area (Å²) >= 11 is 1.64. The largest absolute Gasteiger partial charge is 0.497 e. The Bertz CT molecular complexity index is 844. The summed E-state index contributed by atoms with van der Waals surface area (Å²) in [6.07, 6.45) is 2.07. The van der Waals surface area contributed by atoms with Gasteiger partial charge in [0.15, 0.2) is 8.32 Å². The van der Waals surface area contributed by atoms with Crippen molar-refractivity contribution in [3.63, 3.8) is 0 Å². The molecule has 190 valence electrons. The molecule has 2 atom stereocenters. The molecule has 0 amide bonds. The molecule has 2 rings (SSSR count). The number of benzene rings is 1. The number of hydrogen-bond donors (Lipinski definition) is 0. The number of thiazole rings is 1. The first-order valence-corrected chi connectivity index (χ1v) is 15.4. The van der Waals surface area contributed by atoms with Crippen molar-refractivity contribution in [2.24, 2.45) is 0 Å². The van der Waals surface area contributed by atoms with E-state index in [0.717, 1.165) is 28.3 Å². The van der Waals surface area contributed by atoms with Gasteiger partial charge in [0, 0.05) is 24.1 Å². The van der Waals surface area contributed by atoms with Crippen LogP contribution in [0.4, 0.5) is 0 Å². The van der Waals surface area contributed by atoms with Crippen molar-refractivity contribution in [1.29, 1.82) is 0 Å². The molecule has 0 aliphatic heterocycles. The zero-order chi connectivity index (χ0) is 25.3. The first kappa shape index (κ1) is 28.7. The van der Waals surface area contributed by atoms with Crippen LogP contribution in [-0.2, 0) is 27.0 Å². The minimum atomic E-state index is -2.00. The van der Waals surface area contributed by atoms with Crippen LogP contribution in [0.25, 0.3) is 0 Å². The van der Waals surface area contributed by atoms with Gasteiger partial charge in [0.25, 0.3) is 0 Å². The van der Waals surface area contributed by atoms with Crippen LogP contribution in [-0.4, -0.2) is 39.4 Å². The summed E-state index contributed by atoms with van der Waals surface area (Å²) < 4.78 is 18.6. The molecular weight excluding hydrogens is 462 g/mol. The number of aldehydes is 1. The fraction of sp³-hybridized carbons (Fsp3) is 0.630. The summed E-state index contributed by atoms with van der Waals surface area (Å²) in [5.74, 6) is 0.977. The van der Waals surface area contributed by atoms with Crippen LogP contribution in [0.3, 0.4) is 0 Å². The summed E-state index contributed by atoms with van der Waals surface area (Å²) in [5, 5.41) is 3.10. The number of aromatic nitrogens is 1. The van der Waals surface area contributed by atoms with Crippen molar-refractivity contribution in [2.75, 3.05) is 13.7 Å². The van der Waals surface area contributed by atoms with E-state index in [2.05, 4.69) is 46.9 Å². The molecule has 0 bridgehead atoms. The minimum absolute atomic E-state index is 0.0920. The van der Waals surface area contributed by atoms with E-state index in [0.29, 0.717) is 42.7 Å². The van der Waals surface area contributed by atoms with Crippen LogP contribution < -0.4 is 4.74 Å². The highest BCUT2D eigenvalue weighted by Gasteiger charge is 2.45. The Morgan fingerprint density at radius 3 is 2.15 bits per heavy atom. The Labute approximate surface area is 211 Å². The summed E-state index contributed by atoms with van der Waals surface area (Å²) in [4.78, 5) is 15.7. The van der Waals surface area contributed by atoms with E-state index in [1.165, 1.54) is 0 Å². The number of carbonyl (C=O) groups is 1. The quantitative estimate of drug-likeness (QED) is 0.190. The van der Waals surface area contributed by atoms with Crippen LogP contribution in [0, 0.1) is 0 Å². The molecule has 0 unspecified atom stereocenters. The predicted octanol–water partition coefficient (Wildman–Crippen LogP) is 7.16. The van der Waals surface area contributed by atoms with Crippen LogP contribution in [0.2, 0.25) is 16.6 Å². The Kier molecular flexibility index (Phi) is 11.4. The van der Waals surface area contributed by atoms with Crippen molar-refractivity contribution in [3.05, 3.63) is 45.9 Å². The molecule has 0 saturated heterocycles. The Morgan fingerprint density at radius 2 is 1.62 bits per heavy atom. The van der Waals surface area contributed by atoms with Gasteiger partial charge in [-0.2, -0.15) is 0 Å². The minimum Gasteiger partial charge on any atom is -0.497 e. The normalized spacial score (nSPS) is 14.1. The molecule has 0 radical (unpaired) electrons. The average Bonchev–Trinajstić information content (AvgIpc) is 3.26. The third-order valence-electron chi connectivity index (χ3n) is 6.80. The third-order valence-corrected chi connectivity index (χ3v) is 13.8. The maximum absolute atomic E-state index is 10.9. The second-order valence-corrected chi connectivity index (χ2v) is 16.5. The second-order valence-electron chi connectivity index (χ2n) is 10.1. The molecule has 0 aliphatic carbocycles. The predicted molar refractivity (Wildman–Crippen MR) is 143 cm³/mol. The van der Waals surface area contributed by atoms with Gasteiger partial charge in [0.2, 0.25) is 0 Å². The van der Waals surface area contributed by atoms with E-state index in [4.69, 9.17) is 18.9 Å². The molecule has 34 heavy (non-hydrogen) atoms. The van der Waals surface area contributed by atoms with Gasteiger partial charge in [0.05, 0.1) is 37.1 Å². The molecule has 5 nitrogen and oxygen atoms in total. The summed E-state index contributed by atoms with van der Waals surface area (Å²) in [6, 6.07) is 7.99. The second kappa shape index (κ2) is 13.5. The lowest BCUT2D eigenvalue weighted by Crippen LogP contribution is -2.49. The highest BCUT2D eigenvalue weighted by molar-refractivity contribution is 7.09. The summed E-state index contributed by atoms with van der Waals surface area (Å²) in [5.41, 5.74) is 3.64. The van der Waals surface area contributed by atoms with Crippen molar-refractivity contribution in [2.45, 2.75) is 96.6 Å². The first-order chi connectivity index (χ1) is 16.1. The third kappa shape index (κ3) is 7.48. The van der Waals surface area contributed by atoms with Gasteiger partial charge in [-0.05, 0) is 34.3 Å². The van der Waals surface area contributed by atoms with Gasteiger partial charge in [-0.3, -0.25) is 0 Å². The van der Waals surface area contributed by atoms with Gasteiger partial charge in [-0.15, -0.1) is 11.3 Å². The summed E-state index contributed by atoms with van der Waals surface area (Å²) in [7, 11) is -0.332. The fourth-order valence-electron chi connectivity index (χ4n) is 4.94. The van der Waals surface area contributed by atoms with E-state index in [-0.39, 0.29) is 12.0 Å².